The molecule has 24 heavy (non-hydrogen) atoms. The van der Waals surface area contributed by atoms with Crippen LogP contribution >= 0.6 is 0 Å². The van der Waals surface area contributed by atoms with E-state index in [1.54, 1.807) is 11.8 Å². The van der Waals surface area contributed by atoms with Crippen molar-refractivity contribution in [3.63, 3.8) is 0 Å². The lowest BCUT2D eigenvalue weighted by Crippen LogP contribution is -2.33. The second-order valence-electron chi connectivity index (χ2n) is 5.98. The molecule has 2 heterocycles. The number of aryl methyl sites for hydroxylation is 1. The summed E-state index contributed by atoms with van der Waals surface area (Å²) in [5, 5.41) is 10.2. The Morgan fingerprint density at radius 1 is 1.42 bits per heavy atom. The number of ether oxygens (including phenoxy) is 1. The number of sulfonamides is 1. The van der Waals surface area contributed by atoms with Crippen LogP contribution in [-0.2, 0) is 14.8 Å². The van der Waals surface area contributed by atoms with Crippen molar-refractivity contribution in [2.24, 2.45) is 5.92 Å². The molecular formula is C14H22N4O5S. The Morgan fingerprint density at radius 3 is 2.67 bits per heavy atom. The van der Waals surface area contributed by atoms with E-state index >= 15 is 0 Å². The molecule has 2 rings (SSSR count). The normalized spacial score (nSPS) is 21.3. The standard InChI is InChI=1S/C14H22N4O5S/c1-9-5-11(13(20)23-4)16-14(15-9)18-6-10(12(19)7-18)8-24(21,22)17(2)3/h5,10,12,19H,6-8H2,1-4H3/t10-,12+/m0/s1. The monoisotopic (exact) mass is 358 g/mol. The number of hydrogen-bond acceptors (Lipinski definition) is 8. The minimum atomic E-state index is -3.42. The second kappa shape index (κ2) is 6.99. The molecule has 0 aliphatic carbocycles. The molecule has 0 spiro atoms. The van der Waals surface area contributed by atoms with Crippen molar-refractivity contribution in [3.05, 3.63) is 17.5 Å². The van der Waals surface area contributed by atoms with Gasteiger partial charge in [-0.1, -0.05) is 0 Å². The Morgan fingerprint density at radius 2 is 2.08 bits per heavy atom. The van der Waals surface area contributed by atoms with Gasteiger partial charge >= 0.3 is 5.97 Å². The summed E-state index contributed by atoms with van der Waals surface area (Å²) in [6.45, 7) is 2.22. The smallest absolute Gasteiger partial charge is 0.356 e. The van der Waals surface area contributed by atoms with Gasteiger partial charge in [0.1, 0.15) is 0 Å². The van der Waals surface area contributed by atoms with E-state index in [0.717, 1.165) is 4.31 Å². The van der Waals surface area contributed by atoms with E-state index in [9.17, 15) is 18.3 Å². The minimum Gasteiger partial charge on any atom is -0.464 e. The quantitative estimate of drug-likeness (QED) is 0.685. The molecular weight excluding hydrogens is 336 g/mol. The summed E-state index contributed by atoms with van der Waals surface area (Å²) in [7, 11) is 0.761. The Labute approximate surface area is 141 Å². The average molecular weight is 358 g/mol. The summed E-state index contributed by atoms with van der Waals surface area (Å²) < 4.78 is 29.8. The second-order valence-corrected chi connectivity index (χ2v) is 8.21. The van der Waals surface area contributed by atoms with Crippen LogP contribution in [0.4, 0.5) is 5.95 Å². The number of hydrogen-bond donors (Lipinski definition) is 1. The predicted octanol–water partition coefficient (Wildman–Crippen LogP) is -0.740. The summed E-state index contributed by atoms with van der Waals surface area (Å²) in [6.07, 6.45) is -0.814. The van der Waals surface area contributed by atoms with Crippen LogP contribution in [0, 0.1) is 12.8 Å². The zero-order chi connectivity index (χ0) is 18.1. The topological polar surface area (TPSA) is 113 Å². The number of esters is 1. The molecule has 9 nitrogen and oxygen atoms in total. The molecule has 10 heteroatoms. The maximum absolute atomic E-state index is 12.0. The van der Waals surface area contributed by atoms with Gasteiger partial charge in [-0.15, -0.1) is 0 Å². The Kier molecular flexibility index (Phi) is 5.41. The third kappa shape index (κ3) is 4.00. The lowest BCUT2D eigenvalue weighted by atomic mass is 10.1. The molecule has 1 fully saturated rings. The summed E-state index contributed by atoms with van der Waals surface area (Å²) in [6, 6.07) is 1.51. The molecule has 2 atom stereocenters. The first-order chi connectivity index (χ1) is 11.1. The average Bonchev–Trinajstić information content (AvgIpc) is 2.86. The molecule has 134 valence electrons. The van der Waals surface area contributed by atoms with Gasteiger partial charge in [0.2, 0.25) is 16.0 Å². The molecule has 1 saturated heterocycles. The van der Waals surface area contributed by atoms with E-state index in [0.29, 0.717) is 5.69 Å². The van der Waals surface area contributed by atoms with Gasteiger partial charge in [-0.25, -0.2) is 27.5 Å². The minimum absolute atomic E-state index is 0.124. The molecule has 0 unspecified atom stereocenters. The first-order valence-corrected chi connectivity index (χ1v) is 9.02. The molecule has 0 aromatic carbocycles. The van der Waals surface area contributed by atoms with Crippen molar-refractivity contribution in [3.8, 4) is 0 Å². The van der Waals surface area contributed by atoms with Crippen LogP contribution in [0.5, 0.6) is 0 Å². The van der Waals surface area contributed by atoms with Crippen molar-refractivity contribution in [2.45, 2.75) is 13.0 Å². The summed E-state index contributed by atoms with van der Waals surface area (Å²) >= 11 is 0. The van der Waals surface area contributed by atoms with Crippen molar-refractivity contribution < 1.29 is 23.1 Å². The Hall–Kier alpha value is -1.78. The molecule has 1 aliphatic rings. The molecule has 1 N–H and O–H groups in total. The fraction of sp³-hybridized carbons (Fsp3) is 0.643. The van der Waals surface area contributed by atoms with E-state index in [1.165, 1.54) is 27.3 Å². The number of carbonyl (C=O) groups is 1. The van der Waals surface area contributed by atoms with Crippen molar-refractivity contribution in [2.75, 3.05) is 44.9 Å². The number of aromatic nitrogens is 2. The fourth-order valence-electron chi connectivity index (χ4n) is 2.50. The molecule has 0 amide bonds. The molecule has 1 aromatic rings. The van der Waals surface area contributed by atoms with Crippen LogP contribution in [0.15, 0.2) is 6.07 Å². The fourth-order valence-corrected chi connectivity index (χ4v) is 3.67. The maximum atomic E-state index is 12.0. The van der Waals surface area contributed by atoms with Gasteiger partial charge < -0.3 is 14.7 Å². The van der Waals surface area contributed by atoms with E-state index in [1.807, 2.05) is 0 Å². The molecule has 1 aromatic heterocycles. The largest absolute Gasteiger partial charge is 0.464 e. The number of carbonyl (C=O) groups excluding carboxylic acids is 1. The predicted molar refractivity (Wildman–Crippen MR) is 87.3 cm³/mol. The van der Waals surface area contributed by atoms with Crippen LogP contribution in [0.3, 0.4) is 0 Å². The Bertz CT molecular complexity index is 722. The zero-order valence-electron chi connectivity index (χ0n) is 14.1. The molecule has 1 aliphatic heterocycles. The van der Waals surface area contributed by atoms with E-state index < -0.39 is 28.0 Å². The van der Waals surface area contributed by atoms with Gasteiger partial charge in [-0.2, -0.15) is 0 Å². The number of aliphatic hydroxyl groups excluding tert-OH is 1. The van der Waals surface area contributed by atoms with Gasteiger partial charge in [-0.05, 0) is 13.0 Å². The summed E-state index contributed by atoms with van der Waals surface area (Å²) in [5.41, 5.74) is 0.707. The number of aliphatic hydroxyl groups is 1. The number of β-amino-alcohol motifs (C(OH)–C–C–N with tert-alkyl or cyclic N) is 1. The number of anilines is 1. The SMILES string of the molecule is COC(=O)c1cc(C)nc(N2C[C@@H](CS(=O)(=O)N(C)C)[C@H](O)C2)n1. The third-order valence-corrected chi connectivity index (χ3v) is 5.87. The Balaban J connectivity index is 2.20. The van der Waals surface area contributed by atoms with Crippen LogP contribution in [0.25, 0.3) is 0 Å². The van der Waals surface area contributed by atoms with Crippen LogP contribution in [0.2, 0.25) is 0 Å². The van der Waals surface area contributed by atoms with E-state index in [-0.39, 0.29) is 30.5 Å². The van der Waals surface area contributed by atoms with E-state index in [2.05, 4.69) is 14.7 Å². The number of rotatable bonds is 5. The third-order valence-electron chi connectivity index (χ3n) is 3.91. The summed E-state index contributed by atoms with van der Waals surface area (Å²) in [5.74, 6) is -0.914. The first kappa shape index (κ1) is 18.6. The zero-order valence-corrected chi connectivity index (χ0v) is 14.9. The van der Waals surface area contributed by atoms with Gasteiger partial charge in [0, 0.05) is 38.8 Å². The highest BCUT2D eigenvalue weighted by atomic mass is 32.2. The highest BCUT2D eigenvalue weighted by molar-refractivity contribution is 7.89. The van der Waals surface area contributed by atoms with Crippen LogP contribution < -0.4 is 4.90 Å². The molecule has 0 saturated carbocycles. The number of methoxy groups -OCH3 is 1. The van der Waals surface area contributed by atoms with Gasteiger partial charge in [0.15, 0.2) is 5.69 Å². The van der Waals surface area contributed by atoms with Gasteiger partial charge in [-0.3, -0.25) is 0 Å². The maximum Gasteiger partial charge on any atom is 0.356 e. The first-order valence-electron chi connectivity index (χ1n) is 7.41. The molecule has 0 bridgehead atoms. The van der Waals surface area contributed by atoms with Crippen molar-refractivity contribution in [1.29, 1.82) is 0 Å². The summed E-state index contributed by atoms with van der Waals surface area (Å²) in [4.78, 5) is 21.8. The van der Waals surface area contributed by atoms with Crippen LogP contribution in [-0.4, -0.2) is 79.9 Å². The van der Waals surface area contributed by atoms with Gasteiger partial charge in [0.05, 0.1) is 19.0 Å². The number of nitrogens with zero attached hydrogens (tertiary/aromatic N) is 4. The lowest BCUT2D eigenvalue weighted by molar-refractivity contribution is 0.0593. The van der Waals surface area contributed by atoms with Crippen LogP contribution in [0.1, 0.15) is 16.2 Å². The lowest BCUT2D eigenvalue weighted by Gasteiger charge is -2.18. The van der Waals surface area contributed by atoms with Crippen molar-refractivity contribution >= 4 is 21.9 Å². The highest BCUT2D eigenvalue weighted by Crippen LogP contribution is 2.24. The van der Waals surface area contributed by atoms with Crippen molar-refractivity contribution in [1.82, 2.24) is 14.3 Å². The van der Waals surface area contributed by atoms with E-state index in [4.69, 9.17) is 0 Å². The van der Waals surface area contributed by atoms with Gasteiger partial charge in [0.25, 0.3) is 0 Å². The molecule has 0 radical (unpaired) electrons. The highest BCUT2D eigenvalue weighted by Gasteiger charge is 2.36.